The highest BCUT2D eigenvalue weighted by atomic mass is 19.1. The van der Waals surface area contributed by atoms with Crippen molar-refractivity contribution < 1.29 is 4.39 Å². The number of imidazole rings is 1. The lowest BCUT2D eigenvalue weighted by atomic mass is 9.95. The van der Waals surface area contributed by atoms with Crippen molar-refractivity contribution in [1.29, 1.82) is 0 Å². The first-order valence-electron chi connectivity index (χ1n) is 9.92. The van der Waals surface area contributed by atoms with Gasteiger partial charge in [-0.2, -0.15) is 0 Å². The smallest absolute Gasteiger partial charge is 0.191 e. The van der Waals surface area contributed by atoms with Gasteiger partial charge in [-0.05, 0) is 35.6 Å². The number of halogens is 1. The fraction of sp³-hybridized carbons (Fsp3) is 0.304. The standard InChI is InChI=1S/C23H26FN5/c1-25-22(28-16-23(10-11-23)20-4-2-3-5-21(20)24)27-14-18-6-8-19(9-7-18)15-29-13-12-26-17-29/h2-9,12-13,17H,10-11,14-16H2,1H3,(H2,25,27,28). The maximum absolute atomic E-state index is 14.2. The molecule has 2 N–H and O–H groups in total. The average molecular weight is 391 g/mol. The molecule has 4 rings (SSSR count). The van der Waals surface area contributed by atoms with Crippen LogP contribution in [0.5, 0.6) is 0 Å². The van der Waals surface area contributed by atoms with Crippen LogP contribution in [0.15, 0.2) is 72.2 Å². The molecule has 2 aromatic carbocycles. The molecule has 3 aromatic rings. The summed E-state index contributed by atoms with van der Waals surface area (Å²) in [5.41, 5.74) is 3.10. The van der Waals surface area contributed by atoms with E-state index in [9.17, 15) is 4.39 Å². The van der Waals surface area contributed by atoms with Gasteiger partial charge < -0.3 is 15.2 Å². The van der Waals surface area contributed by atoms with Crippen molar-refractivity contribution in [3.63, 3.8) is 0 Å². The van der Waals surface area contributed by atoms with E-state index in [1.807, 2.05) is 29.2 Å². The van der Waals surface area contributed by atoms with Crippen LogP contribution < -0.4 is 10.6 Å². The summed E-state index contributed by atoms with van der Waals surface area (Å²) in [5, 5.41) is 6.72. The van der Waals surface area contributed by atoms with Crippen LogP contribution in [-0.4, -0.2) is 29.1 Å². The second kappa shape index (κ2) is 8.47. The van der Waals surface area contributed by atoms with Crippen LogP contribution in [0.4, 0.5) is 4.39 Å². The highest BCUT2D eigenvalue weighted by Crippen LogP contribution is 2.48. The van der Waals surface area contributed by atoms with E-state index in [-0.39, 0.29) is 11.2 Å². The zero-order valence-electron chi connectivity index (χ0n) is 16.6. The summed E-state index contributed by atoms with van der Waals surface area (Å²) in [5.74, 6) is 0.612. The quantitative estimate of drug-likeness (QED) is 0.479. The van der Waals surface area contributed by atoms with E-state index in [0.29, 0.717) is 13.1 Å². The largest absolute Gasteiger partial charge is 0.356 e. The monoisotopic (exact) mass is 391 g/mol. The summed E-state index contributed by atoms with van der Waals surface area (Å²) in [7, 11) is 1.76. The lowest BCUT2D eigenvalue weighted by Gasteiger charge is -2.19. The van der Waals surface area contributed by atoms with Gasteiger partial charge in [0.15, 0.2) is 5.96 Å². The van der Waals surface area contributed by atoms with Crippen molar-refractivity contribution in [2.45, 2.75) is 31.3 Å². The summed E-state index contributed by atoms with van der Waals surface area (Å²) in [6.45, 7) is 2.17. The van der Waals surface area contributed by atoms with E-state index in [1.165, 1.54) is 11.1 Å². The molecule has 0 amide bonds. The number of guanidine groups is 1. The minimum Gasteiger partial charge on any atom is -0.356 e. The van der Waals surface area contributed by atoms with Crippen LogP contribution in [0.25, 0.3) is 0 Å². The first-order chi connectivity index (χ1) is 14.2. The predicted octanol–water partition coefficient (Wildman–Crippen LogP) is 3.47. The van der Waals surface area contributed by atoms with Crippen LogP contribution in [0.2, 0.25) is 0 Å². The maximum Gasteiger partial charge on any atom is 0.191 e. The number of rotatable bonds is 7. The van der Waals surface area contributed by atoms with E-state index < -0.39 is 0 Å². The van der Waals surface area contributed by atoms with E-state index in [1.54, 1.807) is 25.4 Å². The third-order valence-electron chi connectivity index (χ3n) is 5.52. The SMILES string of the molecule is CN=C(NCc1ccc(Cn2ccnc2)cc1)NCC1(c2ccccc2F)CC1. The molecule has 1 aliphatic carbocycles. The van der Waals surface area contributed by atoms with E-state index in [4.69, 9.17) is 0 Å². The van der Waals surface area contributed by atoms with Crippen LogP contribution in [0.3, 0.4) is 0 Å². The molecule has 5 nitrogen and oxygen atoms in total. The third kappa shape index (κ3) is 4.65. The number of nitrogens with one attached hydrogen (secondary N) is 2. The maximum atomic E-state index is 14.2. The number of aliphatic imine (C=N–C) groups is 1. The molecule has 0 radical (unpaired) electrons. The van der Waals surface area contributed by atoms with Gasteiger partial charge in [0.05, 0.1) is 6.33 Å². The summed E-state index contributed by atoms with van der Waals surface area (Å²) < 4.78 is 16.2. The van der Waals surface area contributed by atoms with Crippen molar-refractivity contribution in [3.8, 4) is 0 Å². The lowest BCUT2D eigenvalue weighted by Crippen LogP contribution is -2.41. The molecule has 1 aliphatic rings. The highest BCUT2D eigenvalue weighted by Gasteiger charge is 2.45. The molecule has 1 saturated carbocycles. The molecule has 1 aromatic heterocycles. The Morgan fingerprint density at radius 3 is 2.52 bits per heavy atom. The van der Waals surface area contributed by atoms with Crippen molar-refractivity contribution in [1.82, 2.24) is 20.2 Å². The Balaban J connectivity index is 1.29. The van der Waals surface area contributed by atoms with Crippen LogP contribution in [0.1, 0.15) is 29.5 Å². The van der Waals surface area contributed by atoms with E-state index >= 15 is 0 Å². The Hall–Kier alpha value is -3.15. The molecular weight excluding hydrogens is 365 g/mol. The molecular formula is C23H26FN5. The molecule has 150 valence electrons. The minimum atomic E-state index is -0.120. The summed E-state index contributed by atoms with van der Waals surface area (Å²) >= 11 is 0. The van der Waals surface area contributed by atoms with E-state index in [0.717, 1.165) is 30.9 Å². The molecule has 1 fully saturated rings. The molecule has 0 unspecified atom stereocenters. The van der Waals surface area contributed by atoms with Gasteiger partial charge in [0, 0.05) is 44.5 Å². The summed E-state index contributed by atoms with van der Waals surface area (Å²) in [6, 6.07) is 15.6. The number of nitrogens with zero attached hydrogens (tertiary/aromatic N) is 3. The fourth-order valence-electron chi connectivity index (χ4n) is 3.60. The van der Waals surface area contributed by atoms with Gasteiger partial charge >= 0.3 is 0 Å². The van der Waals surface area contributed by atoms with Gasteiger partial charge in [-0.15, -0.1) is 0 Å². The predicted molar refractivity (Wildman–Crippen MR) is 113 cm³/mol. The molecule has 6 heteroatoms. The number of hydrogen-bond acceptors (Lipinski definition) is 2. The third-order valence-corrected chi connectivity index (χ3v) is 5.52. The van der Waals surface area contributed by atoms with Crippen molar-refractivity contribution >= 4 is 5.96 Å². The van der Waals surface area contributed by atoms with E-state index in [2.05, 4.69) is 44.9 Å². The lowest BCUT2D eigenvalue weighted by molar-refractivity contribution is 0.559. The molecule has 1 heterocycles. The zero-order valence-corrected chi connectivity index (χ0v) is 16.6. The Kier molecular flexibility index (Phi) is 5.60. The van der Waals surface area contributed by atoms with Gasteiger partial charge in [0.1, 0.15) is 5.82 Å². The van der Waals surface area contributed by atoms with Gasteiger partial charge in [0.2, 0.25) is 0 Å². The molecule has 0 spiro atoms. The Morgan fingerprint density at radius 1 is 1.10 bits per heavy atom. The first-order valence-corrected chi connectivity index (χ1v) is 9.92. The van der Waals surface area contributed by atoms with Crippen molar-refractivity contribution in [2.24, 2.45) is 4.99 Å². The second-order valence-electron chi connectivity index (χ2n) is 7.59. The molecule has 0 bridgehead atoms. The van der Waals surface area contributed by atoms with Crippen molar-refractivity contribution in [3.05, 3.63) is 89.8 Å². The summed E-state index contributed by atoms with van der Waals surface area (Å²) in [6.07, 6.45) is 7.56. The number of benzene rings is 2. The first kappa shape index (κ1) is 19.2. The zero-order chi connectivity index (χ0) is 20.1. The van der Waals surface area contributed by atoms with Crippen LogP contribution in [-0.2, 0) is 18.5 Å². The number of hydrogen-bond donors (Lipinski definition) is 2. The average Bonchev–Trinajstić information content (AvgIpc) is 3.35. The minimum absolute atomic E-state index is 0.113. The highest BCUT2D eigenvalue weighted by molar-refractivity contribution is 5.79. The van der Waals surface area contributed by atoms with Crippen LogP contribution in [0, 0.1) is 5.82 Å². The van der Waals surface area contributed by atoms with Crippen molar-refractivity contribution in [2.75, 3.05) is 13.6 Å². The fourth-order valence-corrected chi connectivity index (χ4v) is 3.60. The molecule has 29 heavy (non-hydrogen) atoms. The second-order valence-corrected chi connectivity index (χ2v) is 7.59. The van der Waals surface area contributed by atoms with Gasteiger partial charge in [-0.1, -0.05) is 42.5 Å². The van der Waals surface area contributed by atoms with Gasteiger partial charge in [0.25, 0.3) is 0 Å². The van der Waals surface area contributed by atoms with Gasteiger partial charge in [-0.25, -0.2) is 9.37 Å². The topological polar surface area (TPSA) is 54.2 Å². The van der Waals surface area contributed by atoms with Gasteiger partial charge in [-0.3, -0.25) is 4.99 Å². The molecule has 0 aliphatic heterocycles. The Bertz CT molecular complexity index is 959. The summed E-state index contributed by atoms with van der Waals surface area (Å²) in [4.78, 5) is 8.38. The Morgan fingerprint density at radius 2 is 1.86 bits per heavy atom. The Labute approximate surface area is 170 Å². The number of aromatic nitrogens is 2. The molecule has 0 atom stereocenters. The normalized spacial score (nSPS) is 15.2. The van der Waals surface area contributed by atoms with Crippen LogP contribution >= 0.6 is 0 Å². The molecule has 0 saturated heterocycles.